The number of methoxy groups -OCH3 is 1. The first-order valence-corrected chi connectivity index (χ1v) is 8.53. The normalized spacial score (nSPS) is 21.8. The summed E-state index contributed by atoms with van der Waals surface area (Å²) in [5, 5.41) is 2.98. The van der Waals surface area contributed by atoms with Crippen LogP contribution in [0.15, 0.2) is 24.3 Å². The van der Waals surface area contributed by atoms with Gasteiger partial charge in [-0.15, -0.1) is 0 Å². The number of hydrogen-bond acceptors (Lipinski definition) is 3. The summed E-state index contributed by atoms with van der Waals surface area (Å²) in [4.78, 5) is 14.7. The van der Waals surface area contributed by atoms with Crippen LogP contribution in [0.3, 0.4) is 0 Å². The van der Waals surface area contributed by atoms with Crippen LogP contribution in [0.4, 0.5) is 0 Å². The zero-order chi connectivity index (χ0) is 16.9. The van der Waals surface area contributed by atoms with E-state index in [1.54, 1.807) is 7.11 Å². The van der Waals surface area contributed by atoms with Gasteiger partial charge in [0.05, 0.1) is 12.0 Å². The van der Waals surface area contributed by atoms with Crippen molar-refractivity contribution in [3.63, 3.8) is 0 Å². The fraction of sp³-hybridized carbons (Fsp3) is 0.632. The molecule has 1 aromatic rings. The molecule has 0 aromatic heterocycles. The Morgan fingerprint density at radius 2 is 2.04 bits per heavy atom. The SMILES string of the molecule is COCCNC(=O)C1(C)CCN(Cc2ccc(C(C)C)cc2)C1. The molecule has 4 heteroatoms. The topological polar surface area (TPSA) is 41.6 Å². The van der Waals surface area contributed by atoms with Crippen LogP contribution in [0.25, 0.3) is 0 Å². The van der Waals surface area contributed by atoms with E-state index in [0.29, 0.717) is 19.1 Å². The molecule has 0 aliphatic carbocycles. The monoisotopic (exact) mass is 318 g/mol. The number of nitrogens with zero attached hydrogens (tertiary/aromatic N) is 1. The predicted molar refractivity (Wildman–Crippen MR) is 93.4 cm³/mol. The molecule has 1 amide bonds. The lowest BCUT2D eigenvalue weighted by Gasteiger charge is -2.24. The molecule has 128 valence electrons. The minimum absolute atomic E-state index is 0.146. The number of amides is 1. The van der Waals surface area contributed by atoms with Crippen LogP contribution in [0.2, 0.25) is 0 Å². The van der Waals surface area contributed by atoms with Crippen LogP contribution in [-0.2, 0) is 16.1 Å². The first-order valence-electron chi connectivity index (χ1n) is 8.53. The van der Waals surface area contributed by atoms with Gasteiger partial charge in [-0.25, -0.2) is 0 Å². The first kappa shape index (κ1) is 18.0. The molecule has 1 N–H and O–H groups in total. The molecule has 1 aliphatic heterocycles. The predicted octanol–water partition coefficient (Wildman–Crippen LogP) is 2.78. The Hall–Kier alpha value is -1.39. The Bertz CT molecular complexity index is 513. The van der Waals surface area contributed by atoms with E-state index in [1.807, 2.05) is 0 Å². The highest BCUT2D eigenvalue weighted by atomic mass is 16.5. The summed E-state index contributed by atoms with van der Waals surface area (Å²) in [6, 6.07) is 8.85. The lowest BCUT2D eigenvalue weighted by atomic mass is 9.89. The molecule has 1 aliphatic rings. The van der Waals surface area contributed by atoms with E-state index in [4.69, 9.17) is 4.74 Å². The first-order chi connectivity index (χ1) is 10.9. The van der Waals surface area contributed by atoms with Gasteiger partial charge >= 0.3 is 0 Å². The molecular formula is C19H30N2O2. The maximum atomic E-state index is 12.4. The maximum Gasteiger partial charge on any atom is 0.227 e. The largest absolute Gasteiger partial charge is 0.383 e. The van der Waals surface area contributed by atoms with Crippen molar-refractivity contribution in [2.75, 3.05) is 33.4 Å². The zero-order valence-corrected chi connectivity index (χ0v) is 14.9. The third kappa shape index (κ3) is 4.79. The molecule has 2 rings (SSSR count). The molecule has 1 heterocycles. The van der Waals surface area contributed by atoms with Crippen LogP contribution >= 0.6 is 0 Å². The highest BCUT2D eigenvalue weighted by Gasteiger charge is 2.39. The van der Waals surface area contributed by atoms with Crippen molar-refractivity contribution >= 4 is 5.91 Å². The average molecular weight is 318 g/mol. The Morgan fingerprint density at radius 1 is 1.35 bits per heavy atom. The number of likely N-dealkylation sites (tertiary alicyclic amines) is 1. The Balaban J connectivity index is 1.88. The second-order valence-corrected chi connectivity index (χ2v) is 7.17. The number of ether oxygens (including phenoxy) is 1. The molecule has 0 saturated carbocycles. The Labute approximate surface area is 140 Å². The molecule has 1 atom stereocenters. The van der Waals surface area contributed by atoms with E-state index in [2.05, 4.69) is 55.3 Å². The number of hydrogen-bond donors (Lipinski definition) is 1. The van der Waals surface area contributed by atoms with Gasteiger partial charge in [0.25, 0.3) is 0 Å². The zero-order valence-electron chi connectivity index (χ0n) is 14.9. The average Bonchev–Trinajstić information content (AvgIpc) is 2.90. The smallest absolute Gasteiger partial charge is 0.227 e. The van der Waals surface area contributed by atoms with Gasteiger partial charge < -0.3 is 10.1 Å². The van der Waals surface area contributed by atoms with Gasteiger partial charge in [-0.2, -0.15) is 0 Å². The van der Waals surface area contributed by atoms with E-state index in [0.717, 1.165) is 26.1 Å². The minimum Gasteiger partial charge on any atom is -0.383 e. The van der Waals surface area contributed by atoms with Crippen molar-refractivity contribution in [2.45, 2.75) is 39.7 Å². The fourth-order valence-corrected chi connectivity index (χ4v) is 3.12. The van der Waals surface area contributed by atoms with E-state index >= 15 is 0 Å². The van der Waals surface area contributed by atoms with E-state index < -0.39 is 0 Å². The van der Waals surface area contributed by atoms with Crippen LogP contribution in [0.5, 0.6) is 0 Å². The number of benzene rings is 1. The molecule has 23 heavy (non-hydrogen) atoms. The molecule has 1 unspecified atom stereocenters. The van der Waals surface area contributed by atoms with Crippen molar-refractivity contribution < 1.29 is 9.53 Å². The van der Waals surface area contributed by atoms with Gasteiger partial charge in [-0.1, -0.05) is 38.1 Å². The molecule has 1 saturated heterocycles. The van der Waals surface area contributed by atoms with Crippen LogP contribution in [0.1, 0.15) is 44.2 Å². The van der Waals surface area contributed by atoms with Gasteiger partial charge in [0.15, 0.2) is 0 Å². The van der Waals surface area contributed by atoms with Gasteiger partial charge in [-0.3, -0.25) is 9.69 Å². The summed E-state index contributed by atoms with van der Waals surface area (Å²) in [5.41, 5.74) is 2.40. The molecule has 0 radical (unpaired) electrons. The van der Waals surface area contributed by atoms with Crippen molar-refractivity contribution in [3.8, 4) is 0 Å². The quantitative estimate of drug-likeness (QED) is 0.786. The van der Waals surface area contributed by atoms with Gasteiger partial charge in [0, 0.05) is 26.7 Å². The molecule has 4 nitrogen and oxygen atoms in total. The third-order valence-corrected chi connectivity index (χ3v) is 4.74. The lowest BCUT2D eigenvalue weighted by molar-refractivity contribution is -0.129. The number of carbonyl (C=O) groups excluding carboxylic acids is 1. The Morgan fingerprint density at radius 3 is 2.65 bits per heavy atom. The highest BCUT2D eigenvalue weighted by molar-refractivity contribution is 5.82. The second-order valence-electron chi connectivity index (χ2n) is 7.17. The standard InChI is InChI=1S/C19H30N2O2/c1-15(2)17-7-5-16(6-8-17)13-21-11-9-19(3,14-21)18(22)20-10-12-23-4/h5-8,15H,9-14H2,1-4H3,(H,20,22). The van der Waals surface area contributed by atoms with Crippen molar-refractivity contribution in [1.29, 1.82) is 0 Å². The van der Waals surface area contributed by atoms with Gasteiger partial charge in [0.1, 0.15) is 0 Å². The second kappa shape index (κ2) is 7.93. The van der Waals surface area contributed by atoms with Gasteiger partial charge in [-0.05, 0) is 36.9 Å². The summed E-state index contributed by atoms with van der Waals surface area (Å²) >= 11 is 0. The summed E-state index contributed by atoms with van der Waals surface area (Å²) in [7, 11) is 1.65. The number of carbonyl (C=O) groups is 1. The van der Waals surface area contributed by atoms with Crippen LogP contribution in [-0.4, -0.2) is 44.2 Å². The summed E-state index contributed by atoms with van der Waals surface area (Å²) in [6.45, 7) is 10.3. The lowest BCUT2D eigenvalue weighted by Crippen LogP contribution is -2.42. The molecule has 0 bridgehead atoms. The van der Waals surface area contributed by atoms with Crippen molar-refractivity contribution in [3.05, 3.63) is 35.4 Å². The van der Waals surface area contributed by atoms with E-state index in [-0.39, 0.29) is 11.3 Å². The summed E-state index contributed by atoms with van der Waals surface area (Å²) in [5.74, 6) is 0.710. The number of nitrogens with one attached hydrogen (secondary N) is 1. The van der Waals surface area contributed by atoms with E-state index in [9.17, 15) is 4.79 Å². The van der Waals surface area contributed by atoms with Crippen molar-refractivity contribution in [2.24, 2.45) is 5.41 Å². The van der Waals surface area contributed by atoms with E-state index in [1.165, 1.54) is 11.1 Å². The third-order valence-electron chi connectivity index (χ3n) is 4.74. The van der Waals surface area contributed by atoms with Crippen LogP contribution < -0.4 is 5.32 Å². The minimum atomic E-state index is -0.286. The van der Waals surface area contributed by atoms with Crippen LogP contribution in [0, 0.1) is 5.41 Å². The molecular weight excluding hydrogens is 288 g/mol. The summed E-state index contributed by atoms with van der Waals surface area (Å²) < 4.78 is 4.99. The number of rotatable bonds is 7. The Kier molecular flexibility index (Phi) is 6.19. The summed E-state index contributed by atoms with van der Waals surface area (Å²) in [6.07, 6.45) is 0.913. The molecule has 0 spiro atoms. The molecule has 1 aromatic carbocycles. The maximum absolute atomic E-state index is 12.4. The fourth-order valence-electron chi connectivity index (χ4n) is 3.12. The van der Waals surface area contributed by atoms with Gasteiger partial charge in [0.2, 0.25) is 5.91 Å². The molecule has 1 fully saturated rings. The van der Waals surface area contributed by atoms with Crippen molar-refractivity contribution in [1.82, 2.24) is 10.2 Å². The highest BCUT2D eigenvalue weighted by Crippen LogP contribution is 2.31.